The molecule has 2 fully saturated rings. The van der Waals surface area contributed by atoms with E-state index in [1.165, 1.54) is 57.9 Å². The predicted octanol–water partition coefficient (Wildman–Crippen LogP) is 3.34. The maximum atomic E-state index is 3.69. The van der Waals surface area contributed by atoms with Gasteiger partial charge in [-0.1, -0.05) is 32.1 Å². The predicted molar refractivity (Wildman–Crippen MR) is 61.4 cm³/mol. The van der Waals surface area contributed by atoms with Crippen LogP contribution in [0.15, 0.2) is 0 Å². The minimum atomic E-state index is 0.790. The van der Waals surface area contributed by atoms with Crippen molar-refractivity contribution in [2.45, 2.75) is 64.3 Å². The SMILES string of the molecule is CC(NCCC1CCCCC1)C1CC1. The van der Waals surface area contributed by atoms with E-state index < -0.39 is 0 Å². The summed E-state index contributed by atoms with van der Waals surface area (Å²) in [5.41, 5.74) is 0. The summed E-state index contributed by atoms with van der Waals surface area (Å²) < 4.78 is 0. The lowest BCUT2D eigenvalue weighted by Crippen LogP contribution is -2.30. The highest BCUT2D eigenvalue weighted by Crippen LogP contribution is 2.32. The standard InChI is InChI=1S/C13H25N/c1-11(13-7-8-13)14-10-9-12-5-3-2-4-6-12/h11-14H,2-10H2,1H3. The van der Waals surface area contributed by atoms with Crippen LogP contribution in [0.1, 0.15) is 58.3 Å². The Morgan fingerprint density at radius 2 is 1.79 bits per heavy atom. The lowest BCUT2D eigenvalue weighted by atomic mass is 9.87. The fraction of sp³-hybridized carbons (Fsp3) is 1.00. The van der Waals surface area contributed by atoms with Crippen LogP contribution in [0.25, 0.3) is 0 Å². The zero-order valence-electron chi connectivity index (χ0n) is 9.60. The molecule has 0 amide bonds. The molecule has 82 valence electrons. The molecular formula is C13H25N. The Hall–Kier alpha value is -0.0400. The summed E-state index contributed by atoms with van der Waals surface area (Å²) in [6.45, 7) is 3.63. The van der Waals surface area contributed by atoms with Crippen LogP contribution >= 0.6 is 0 Å². The summed E-state index contributed by atoms with van der Waals surface area (Å²) in [5, 5.41) is 3.69. The molecule has 0 bridgehead atoms. The molecule has 0 aromatic carbocycles. The average Bonchev–Trinajstić information content (AvgIpc) is 3.02. The van der Waals surface area contributed by atoms with E-state index in [1.807, 2.05) is 0 Å². The van der Waals surface area contributed by atoms with E-state index in [9.17, 15) is 0 Å². The van der Waals surface area contributed by atoms with Crippen molar-refractivity contribution in [1.82, 2.24) is 5.32 Å². The zero-order chi connectivity index (χ0) is 9.80. The number of rotatable bonds is 5. The van der Waals surface area contributed by atoms with Gasteiger partial charge >= 0.3 is 0 Å². The van der Waals surface area contributed by atoms with Crippen molar-refractivity contribution in [3.8, 4) is 0 Å². The Labute approximate surface area is 88.7 Å². The van der Waals surface area contributed by atoms with Gasteiger partial charge in [-0.3, -0.25) is 0 Å². The van der Waals surface area contributed by atoms with E-state index in [0.717, 1.165) is 17.9 Å². The molecule has 2 aliphatic rings. The molecule has 0 spiro atoms. The van der Waals surface area contributed by atoms with Crippen LogP contribution in [0.5, 0.6) is 0 Å². The summed E-state index contributed by atoms with van der Waals surface area (Å²) in [5.74, 6) is 2.06. The maximum Gasteiger partial charge on any atom is 0.00670 e. The van der Waals surface area contributed by atoms with Gasteiger partial charge in [0.2, 0.25) is 0 Å². The summed E-state index contributed by atoms with van der Waals surface area (Å²) in [4.78, 5) is 0. The quantitative estimate of drug-likeness (QED) is 0.709. The summed E-state index contributed by atoms with van der Waals surface area (Å²) in [6, 6.07) is 0.790. The van der Waals surface area contributed by atoms with E-state index in [2.05, 4.69) is 12.2 Å². The van der Waals surface area contributed by atoms with Crippen molar-refractivity contribution >= 4 is 0 Å². The second-order valence-corrected chi connectivity index (χ2v) is 5.37. The Kier molecular flexibility index (Phi) is 3.86. The normalized spacial score (nSPS) is 26.4. The van der Waals surface area contributed by atoms with E-state index in [4.69, 9.17) is 0 Å². The topological polar surface area (TPSA) is 12.0 Å². The molecule has 0 aromatic rings. The van der Waals surface area contributed by atoms with Crippen molar-refractivity contribution in [2.24, 2.45) is 11.8 Å². The van der Waals surface area contributed by atoms with Gasteiger partial charge in [-0.25, -0.2) is 0 Å². The highest BCUT2D eigenvalue weighted by Gasteiger charge is 2.27. The van der Waals surface area contributed by atoms with Crippen molar-refractivity contribution in [3.63, 3.8) is 0 Å². The van der Waals surface area contributed by atoms with Crippen LogP contribution in [-0.4, -0.2) is 12.6 Å². The molecule has 2 aliphatic carbocycles. The van der Waals surface area contributed by atoms with E-state index in [-0.39, 0.29) is 0 Å². The van der Waals surface area contributed by atoms with Gasteiger partial charge in [0.25, 0.3) is 0 Å². The van der Waals surface area contributed by atoms with Gasteiger partial charge in [0.05, 0.1) is 0 Å². The van der Waals surface area contributed by atoms with Crippen molar-refractivity contribution in [2.75, 3.05) is 6.54 Å². The molecule has 0 radical (unpaired) electrons. The molecule has 0 saturated heterocycles. The Morgan fingerprint density at radius 3 is 2.43 bits per heavy atom. The number of hydrogen-bond donors (Lipinski definition) is 1. The second-order valence-electron chi connectivity index (χ2n) is 5.37. The third-order valence-electron chi connectivity index (χ3n) is 4.07. The maximum absolute atomic E-state index is 3.69. The smallest absolute Gasteiger partial charge is 0.00670 e. The molecule has 1 nitrogen and oxygen atoms in total. The van der Waals surface area contributed by atoms with Gasteiger partial charge < -0.3 is 5.32 Å². The van der Waals surface area contributed by atoms with Crippen LogP contribution in [0.2, 0.25) is 0 Å². The van der Waals surface area contributed by atoms with E-state index >= 15 is 0 Å². The van der Waals surface area contributed by atoms with E-state index in [0.29, 0.717) is 0 Å². The van der Waals surface area contributed by atoms with Gasteiger partial charge in [-0.2, -0.15) is 0 Å². The molecule has 14 heavy (non-hydrogen) atoms. The summed E-state index contributed by atoms with van der Waals surface area (Å²) >= 11 is 0. The number of nitrogens with one attached hydrogen (secondary N) is 1. The second kappa shape index (κ2) is 5.16. The van der Waals surface area contributed by atoms with Crippen molar-refractivity contribution < 1.29 is 0 Å². The molecule has 2 rings (SSSR count). The molecule has 0 heterocycles. The molecule has 1 N–H and O–H groups in total. The fourth-order valence-electron chi connectivity index (χ4n) is 2.75. The monoisotopic (exact) mass is 195 g/mol. The Morgan fingerprint density at radius 1 is 1.07 bits per heavy atom. The first kappa shape index (κ1) is 10.5. The third kappa shape index (κ3) is 3.27. The van der Waals surface area contributed by atoms with Gasteiger partial charge in [0, 0.05) is 6.04 Å². The largest absolute Gasteiger partial charge is 0.314 e. The van der Waals surface area contributed by atoms with Crippen LogP contribution in [0.4, 0.5) is 0 Å². The third-order valence-corrected chi connectivity index (χ3v) is 4.07. The molecule has 0 aromatic heterocycles. The van der Waals surface area contributed by atoms with E-state index in [1.54, 1.807) is 0 Å². The summed E-state index contributed by atoms with van der Waals surface area (Å²) in [6.07, 6.45) is 11.8. The molecule has 1 atom stereocenters. The molecule has 2 saturated carbocycles. The molecule has 1 heteroatoms. The first-order valence-electron chi connectivity index (χ1n) is 6.59. The lowest BCUT2D eigenvalue weighted by molar-refractivity contribution is 0.326. The average molecular weight is 195 g/mol. The lowest BCUT2D eigenvalue weighted by Gasteiger charge is -2.22. The van der Waals surface area contributed by atoms with Crippen molar-refractivity contribution in [1.29, 1.82) is 0 Å². The van der Waals surface area contributed by atoms with Gasteiger partial charge in [0.1, 0.15) is 0 Å². The first-order valence-corrected chi connectivity index (χ1v) is 6.59. The summed E-state index contributed by atoms with van der Waals surface area (Å²) in [7, 11) is 0. The number of hydrogen-bond acceptors (Lipinski definition) is 1. The van der Waals surface area contributed by atoms with Gasteiger partial charge in [-0.15, -0.1) is 0 Å². The van der Waals surface area contributed by atoms with Gasteiger partial charge in [-0.05, 0) is 44.6 Å². The highest BCUT2D eigenvalue weighted by atomic mass is 14.9. The zero-order valence-corrected chi connectivity index (χ0v) is 9.60. The van der Waals surface area contributed by atoms with Gasteiger partial charge in [0.15, 0.2) is 0 Å². The molecule has 1 unspecified atom stereocenters. The molecule has 0 aliphatic heterocycles. The van der Waals surface area contributed by atoms with Crippen LogP contribution in [-0.2, 0) is 0 Å². The minimum Gasteiger partial charge on any atom is -0.314 e. The fourth-order valence-corrected chi connectivity index (χ4v) is 2.75. The Bertz CT molecular complexity index is 157. The van der Waals surface area contributed by atoms with Crippen LogP contribution in [0.3, 0.4) is 0 Å². The van der Waals surface area contributed by atoms with Crippen LogP contribution in [0, 0.1) is 11.8 Å². The minimum absolute atomic E-state index is 0.790. The van der Waals surface area contributed by atoms with Crippen LogP contribution < -0.4 is 5.32 Å². The molecular weight excluding hydrogens is 170 g/mol. The Balaban J connectivity index is 1.52. The highest BCUT2D eigenvalue weighted by molar-refractivity contribution is 4.83. The first-order chi connectivity index (χ1) is 6.86. The van der Waals surface area contributed by atoms with Crippen molar-refractivity contribution in [3.05, 3.63) is 0 Å².